The van der Waals surface area contributed by atoms with Gasteiger partial charge in [0, 0.05) is 23.2 Å². The second-order valence-electron chi connectivity index (χ2n) is 6.22. The predicted molar refractivity (Wildman–Crippen MR) is 104 cm³/mol. The molecule has 6 nitrogen and oxygen atoms in total. The van der Waals surface area contributed by atoms with Gasteiger partial charge in [-0.3, -0.25) is 0 Å². The molecule has 26 heavy (non-hydrogen) atoms. The summed E-state index contributed by atoms with van der Waals surface area (Å²) in [6, 6.07) is 9.75. The molecule has 2 aromatic carbocycles. The van der Waals surface area contributed by atoms with Gasteiger partial charge in [-0.1, -0.05) is 24.3 Å². The van der Waals surface area contributed by atoms with E-state index < -0.39 is 7.75 Å². The van der Waals surface area contributed by atoms with Crippen LogP contribution in [0.4, 0.5) is 0 Å². The van der Waals surface area contributed by atoms with Crippen molar-refractivity contribution in [3.05, 3.63) is 35.9 Å². The average Bonchev–Trinajstić information content (AvgIpc) is 2.60. The lowest BCUT2D eigenvalue weighted by Crippen LogP contribution is -2.25. The number of nitrogens with zero attached hydrogens (tertiary/aromatic N) is 1. The summed E-state index contributed by atoms with van der Waals surface area (Å²) in [5, 5.41) is 1.90. The zero-order valence-corrected chi connectivity index (χ0v) is 16.8. The Morgan fingerprint density at radius 3 is 2.38 bits per heavy atom. The van der Waals surface area contributed by atoms with Crippen LogP contribution in [0.1, 0.15) is 12.0 Å². The minimum atomic E-state index is -4.28. The van der Waals surface area contributed by atoms with Crippen molar-refractivity contribution in [2.24, 2.45) is 5.92 Å². The van der Waals surface area contributed by atoms with Crippen molar-refractivity contribution in [2.45, 2.75) is 12.8 Å². The Kier molecular flexibility index (Phi) is 7.33. The Morgan fingerprint density at radius 2 is 1.85 bits per heavy atom. The van der Waals surface area contributed by atoms with Crippen LogP contribution < -0.4 is 9.47 Å². The van der Waals surface area contributed by atoms with E-state index in [0.29, 0.717) is 18.7 Å². The Morgan fingerprint density at radius 1 is 1.19 bits per heavy atom. The zero-order valence-electron chi connectivity index (χ0n) is 15.2. The highest BCUT2D eigenvalue weighted by atomic mass is 35.5. The number of benzene rings is 2. The molecule has 0 saturated carbocycles. The standard InChI is InChI=1S/C18H25ClNO5P/c1-20(26(21,22)23)12-13(8-9-19)10-14-11-17(24-2)15-6-4-5-7-16(15)18(14)25-3/h4-7,11,13H,8-10,12H2,1-3H3,(H2,21,22,23). The maximum absolute atomic E-state index is 11.5. The van der Waals surface area contributed by atoms with Gasteiger partial charge in [0.05, 0.1) is 14.2 Å². The number of halogens is 1. The quantitative estimate of drug-likeness (QED) is 0.493. The number of rotatable bonds is 9. The summed E-state index contributed by atoms with van der Waals surface area (Å²) in [5.74, 6) is 1.86. The van der Waals surface area contributed by atoms with E-state index in [9.17, 15) is 14.4 Å². The second kappa shape index (κ2) is 9.07. The van der Waals surface area contributed by atoms with Crippen LogP contribution in [0.2, 0.25) is 0 Å². The first-order valence-corrected chi connectivity index (χ1v) is 10.4. The first kappa shape index (κ1) is 21.0. The molecule has 0 radical (unpaired) electrons. The van der Waals surface area contributed by atoms with Gasteiger partial charge in [0.15, 0.2) is 0 Å². The van der Waals surface area contributed by atoms with Gasteiger partial charge in [0.1, 0.15) is 11.5 Å². The van der Waals surface area contributed by atoms with Crippen molar-refractivity contribution in [3.8, 4) is 11.5 Å². The average molecular weight is 402 g/mol. The molecule has 8 heteroatoms. The largest absolute Gasteiger partial charge is 0.496 e. The summed E-state index contributed by atoms with van der Waals surface area (Å²) in [6.07, 6.45) is 1.20. The maximum atomic E-state index is 11.5. The lowest BCUT2D eigenvalue weighted by molar-refractivity contribution is 0.266. The van der Waals surface area contributed by atoms with E-state index in [1.54, 1.807) is 14.2 Å². The van der Waals surface area contributed by atoms with Gasteiger partial charge in [-0.2, -0.15) is 0 Å². The minimum absolute atomic E-state index is 0.0371. The first-order chi connectivity index (χ1) is 12.3. The lowest BCUT2D eigenvalue weighted by atomic mass is 9.93. The van der Waals surface area contributed by atoms with Crippen LogP contribution in [0.3, 0.4) is 0 Å². The SMILES string of the molecule is COc1cc(CC(CCCl)CN(C)P(=O)(O)O)c(OC)c2ccccc12. The molecule has 0 spiro atoms. The molecule has 0 bridgehead atoms. The van der Waals surface area contributed by atoms with E-state index in [-0.39, 0.29) is 12.5 Å². The van der Waals surface area contributed by atoms with Gasteiger partial charge >= 0.3 is 7.75 Å². The van der Waals surface area contributed by atoms with Crippen LogP contribution >= 0.6 is 19.3 Å². The summed E-state index contributed by atoms with van der Waals surface area (Å²) in [7, 11) is 0.381. The van der Waals surface area contributed by atoms with Crippen LogP contribution in [0.15, 0.2) is 30.3 Å². The van der Waals surface area contributed by atoms with Crippen molar-refractivity contribution in [1.82, 2.24) is 4.67 Å². The molecule has 0 aromatic heterocycles. The Bertz CT molecular complexity index is 794. The summed E-state index contributed by atoms with van der Waals surface area (Å²) in [4.78, 5) is 18.7. The molecule has 0 fully saturated rings. The molecule has 1 atom stereocenters. The number of hydrogen-bond donors (Lipinski definition) is 2. The third-order valence-electron chi connectivity index (χ3n) is 4.45. The van der Waals surface area contributed by atoms with Gasteiger partial charge in [0.2, 0.25) is 0 Å². The molecule has 2 rings (SSSR count). The molecular formula is C18H25ClNO5P. The van der Waals surface area contributed by atoms with Crippen molar-refractivity contribution in [3.63, 3.8) is 0 Å². The first-order valence-electron chi connectivity index (χ1n) is 8.27. The fraction of sp³-hybridized carbons (Fsp3) is 0.444. The van der Waals surface area contributed by atoms with Crippen LogP contribution in [0, 0.1) is 5.92 Å². The van der Waals surface area contributed by atoms with Crippen LogP contribution in [-0.2, 0) is 11.0 Å². The smallest absolute Gasteiger partial charge is 0.402 e. The molecule has 0 aliphatic rings. The molecule has 0 aliphatic heterocycles. The fourth-order valence-corrected chi connectivity index (χ4v) is 3.89. The van der Waals surface area contributed by atoms with Crippen molar-refractivity contribution < 1.29 is 23.8 Å². The lowest BCUT2D eigenvalue weighted by Gasteiger charge is -2.25. The van der Waals surface area contributed by atoms with E-state index in [0.717, 1.165) is 32.5 Å². The molecule has 0 saturated heterocycles. The molecule has 1 unspecified atom stereocenters. The van der Waals surface area contributed by atoms with E-state index in [2.05, 4.69) is 0 Å². The van der Waals surface area contributed by atoms with Gasteiger partial charge in [-0.05, 0) is 37.4 Å². The number of hydrogen-bond acceptors (Lipinski definition) is 3. The highest BCUT2D eigenvalue weighted by Gasteiger charge is 2.25. The van der Waals surface area contributed by atoms with Crippen molar-refractivity contribution >= 4 is 30.1 Å². The van der Waals surface area contributed by atoms with Gasteiger partial charge in [-0.15, -0.1) is 11.6 Å². The summed E-state index contributed by atoms with van der Waals surface area (Å²) < 4.78 is 23.7. The van der Waals surface area contributed by atoms with E-state index in [1.165, 1.54) is 7.05 Å². The molecule has 0 aliphatic carbocycles. The molecule has 2 N–H and O–H groups in total. The van der Waals surface area contributed by atoms with Gasteiger partial charge in [0.25, 0.3) is 0 Å². The van der Waals surface area contributed by atoms with Crippen LogP contribution in [0.5, 0.6) is 11.5 Å². The maximum Gasteiger partial charge on any atom is 0.402 e. The molecular weight excluding hydrogens is 377 g/mol. The van der Waals surface area contributed by atoms with E-state index in [4.69, 9.17) is 21.1 Å². The van der Waals surface area contributed by atoms with Crippen molar-refractivity contribution in [1.29, 1.82) is 0 Å². The third-order valence-corrected chi connectivity index (χ3v) is 5.72. The Labute approximate surface area is 158 Å². The predicted octanol–water partition coefficient (Wildman–Crippen LogP) is 3.67. The van der Waals surface area contributed by atoms with Gasteiger partial charge < -0.3 is 19.3 Å². The summed E-state index contributed by atoms with van der Waals surface area (Å²) in [5.41, 5.74) is 0.928. The van der Waals surface area contributed by atoms with Crippen LogP contribution in [-0.4, -0.2) is 48.1 Å². The second-order valence-corrected chi connectivity index (χ2v) is 8.31. The van der Waals surface area contributed by atoms with Gasteiger partial charge in [-0.25, -0.2) is 9.24 Å². The number of alkyl halides is 1. The molecule has 0 amide bonds. The van der Waals surface area contributed by atoms with E-state index >= 15 is 0 Å². The normalized spacial score (nSPS) is 13.2. The Balaban J connectivity index is 2.41. The molecule has 0 heterocycles. The number of ether oxygens (including phenoxy) is 2. The Hall–Kier alpha value is -1.30. The van der Waals surface area contributed by atoms with E-state index in [1.807, 2.05) is 30.3 Å². The number of fused-ring (bicyclic) bond motifs is 1. The summed E-state index contributed by atoms with van der Waals surface area (Å²) in [6.45, 7) is 0.231. The zero-order chi connectivity index (χ0) is 19.3. The highest BCUT2D eigenvalue weighted by Crippen LogP contribution is 2.41. The minimum Gasteiger partial charge on any atom is -0.496 e. The van der Waals surface area contributed by atoms with Crippen LogP contribution in [0.25, 0.3) is 10.8 Å². The molecule has 144 valence electrons. The fourth-order valence-electron chi connectivity index (χ4n) is 3.14. The van der Waals surface area contributed by atoms with Crippen molar-refractivity contribution in [2.75, 3.05) is 33.7 Å². The number of methoxy groups -OCH3 is 2. The summed E-state index contributed by atoms with van der Waals surface area (Å²) >= 11 is 5.92. The third kappa shape index (κ3) is 4.90. The monoisotopic (exact) mass is 401 g/mol. The molecule has 2 aromatic rings. The topological polar surface area (TPSA) is 79.2 Å². The highest BCUT2D eigenvalue weighted by molar-refractivity contribution is 7.49.